The molecular formula is C18H17F2NO3. The zero-order chi connectivity index (χ0) is 17.3. The Morgan fingerprint density at radius 3 is 2.50 bits per heavy atom. The highest BCUT2D eigenvalue weighted by atomic mass is 19.1. The van der Waals surface area contributed by atoms with Crippen LogP contribution in [0.15, 0.2) is 42.5 Å². The molecule has 2 aromatic carbocycles. The second-order valence-corrected chi connectivity index (χ2v) is 5.88. The second kappa shape index (κ2) is 6.67. The third-order valence-electron chi connectivity index (χ3n) is 4.27. The number of halogens is 2. The zero-order valence-corrected chi connectivity index (χ0v) is 12.8. The average Bonchev–Trinajstić information content (AvgIpc) is 2.96. The van der Waals surface area contributed by atoms with E-state index < -0.39 is 30.5 Å². The number of benzene rings is 2. The molecule has 3 rings (SSSR count). The van der Waals surface area contributed by atoms with Crippen LogP contribution in [0.2, 0.25) is 0 Å². The summed E-state index contributed by atoms with van der Waals surface area (Å²) >= 11 is 0. The fourth-order valence-electron chi connectivity index (χ4n) is 3.01. The summed E-state index contributed by atoms with van der Waals surface area (Å²) in [6.45, 7) is -0.314. The summed E-state index contributed by atoms with van der Waals surface area (Å²) < 4.78 is 26.9. The molecule has 0 unspecified atom stereocenters. The van der Waals surface area contributed by atoms with Crippen LogP contribution in [0.1, 0.15) is 33.9 Å². The van der Waals surface area contributed by atoms with Crippen LogP contribution in [0, 0.1) is 11.6 Å². The third kappa shape index (κ3) is 3.16. The van der Waals surface area contributed by atoms with Crippen LogP contribution in [-0.2, 0) is 6.61 Å². The Morgan fingerprint density at radius 2 is 1.88 bits per heavy atom. The number of amides is 1. The highest BCUT2D eigenvalue weighted by molar-refractivity contribution is 5.94. The third-order valence-corrected chi connectivity index (χ3v) is 4.27. The molecule has 1 amide bonds. The molecule has 2 aromatic rings. The molecule has 0 radical (unpaired) electrons. The van der Waals surface area contributed by atoms with E-state index in [4.69, 9.17) is 5.11 Å². The van der Waals surface area contributed by atoms with Gasteiger partial charge in [0.05, 0.1) is 18.8 Å². The Labute approximate surface area is 138 Å². The molecule has 6 heteroatoms. The van der Waals surface area contributed by atoms with Crippen molar-refractivity contribution in [2.24, 2.45) is 0 Å². The SMILES string of the molecule is O=C(c1ccc(CO)c(F)c1)N1C[C@@H](O)C[C@H]1c1ccc(F)cc1. The lowest BCUT2D eigenvalue weighted by atomic mass is 10.0. The van der Waals surface area contributed by atoms with Crippen molar-refractivity contribution >= 4 is 5.91 Å². The number of hydrogen-bond acceptors (Lipinski definition) is 3. The molecule has 4 nitrogen and oxygen atoms in total. The molecule has 0 saturated carbocycles. The van der Waals surface area contributed by atoms with Crippen molar-refractivity contribution in [3.63, 3.8) is 0 Å². The molecule has 0 aromatic heterocycles. The van der Waals surface area contributed by atoms with E-state index >= 15 is 0 Å². The number of carbonyl (C=O) groups excluding carboxylic acids is 1. The molecule has 1 aliphatic heterocycles. The van der Waals surface area contributed by atoms with Crippen LogP contribution >= 0.6 is 0 Å². The predicted octanol–water partition coefficient (Wildman–Crippen LogP) is 2.41. The summed E-state index contributed by atoms with van der Waals surface area (Å²) in [5, 5.41) is 19.0. The van der Waals surface area contributed by atoms with E-state index in [1.165, 1.54) is 29.2 Å². The standard InChI is InChI=1S/C18H17F2NO3/c19-14-5-3-11(4-6-14)17-8-15(23)9-21(17)18(24)12-1-2-13(10-22)16(20)7-12/h1-7,15,17,22-23H,8-10H2/t15-,17-/m0/s1. The second-order valence-electron chi connectivity index (χ2n) is 5.88. The van der Waals surface area contributed by atoms with Crippen LogP contribution in [-0.4, -0.2) is 33.7 Å². The highest BCUT2D eigenvalue weighted by Gasteiger charge is 2.35. The van der Waals surface area contributed by atoms with Crippen LogP contribution in [0.4, 0.5) is 8.78 Å². The molecule has 2 N–H and O–H groups in total. The smallest absolute Gasteiger partial charge is 0.254 e. The topological polar surface area (TPSA) is 60.8 Å². The molecule has 1 aliphatic rings. The van der Waals surface area contributed by atoms with Crippen LogP contribution < -0.4 is 0 Å². The van der Waals surface area contributed by atoms with Crippen molar-refractivity contribution in [1.82, 2.24) is 4.90 Å². The summed E-state index contributed by atoms with van der Waals surface area (Å²) in [7, 11) is 0. The first-order valence-electron chi connectivity index (χ1n) is 7.63. The first-order valence-corrected chi connectivity index (χ1v) is 7.63. The number of likely N-dealkylation sites (tertiary alicyclic amines) is 1. The van der Waals surface area contributed by atoms with Crippen LogP contribution in [0.5, 0.6) is 0 Å². The summed E-state index contributed by atoms with van der Waals surface area (Å²) in [6, 6.07) is 9.26. The number of rotatable bonds is 3. The van der Waals surface area contributed by atoms with Gasteiger partial charge in [-0.25, -0.2) is 8.78 Å². The van der Waals surface area contributed by atoms with Gasteiger partial charge in [-0.2, -0.15) is 0 Å². The Bertz CT molecular complexity index is 748. The van der Waals surface area contributed by atoms with Crippen LogP contribution in [0.3, 0.4) is 0 Å². The molecule has 0 bridgehead atoms. The van der Waals surface area contributed by atoms with Crippen molar-refractivity contribution in [2.75, 3.05) is 6.54 Å². The lowest BCUT2D eigenvalue weighted by molar-refractivity contribution is 0.0715. The van der Waals surface area contributed by atoms with Gasteiger partial charge in [-0.15, -0.1) is 0 Å². The van der Waals surface area contributed by atoms with E-state index in [0.29, 0.717) is 12.0 Å². The first kappa shape index (κ1) is 16.5. The maximum Gasteiger partial charge on any atom is 0.254 e. The van der Waals surface area contributed by atoms with Gasteiger partial charge in [0.2, 0.25) is 0 Å². The van der Waals surface area contributed by atoms with E-state index in [1.807, 2.05) is 0 Å². The number of aliphatic hydroxyl groups is 2. The summed E-state index contributed by atoms with van der Waals surface area (Å²) in [5.41, 5.74) is 0.975. The van der Waals surface area contributed by atoms with Gasteiger partial charge in [0.25, 0.3) is 5.91 Å². The number of hydrogen-bond donors (Lipinski definition) is 2. The minimum atomic E-state index is -0.689. The number of nitrogens with zero attached hydrogens (tertiary/aromatic N) is 1. The summed E-state index contributed by atoms with van der Waals surface area (Å²) in [4.78, 5) is 14.2. The average molecular weight is 333 g/mol. The summed E-state index contributed by atoms with van der Waals surface area (Å²) in [5.74, 6) is -1.44. The Hall–Kier alpha value is -2.31. The van der Waals surface area contributed by atoms with Gasteiger partial charge >= 0.3 is 0 Å². The van der Waals surface area contributed by atoms with Gasteiger partial charge in [0, 0.05) is 17.7 Å². The van der Waals surface area contributed by atoms with Crippen molar-refractivity contribution in [1.29, 1.82) is 0 Å². The Kier molecular flexibility index (Phi) is 4.59. The van der Waals surface area contributed by atoms with E-state index in [0.717, 1.165) is 6.07 Å². The number of aliphatic hydroxyl groups excluding tert-OH is 2. The molecule has 2 atom stereocenters. The van der Waals surface area contributed by atoms with Gasteiger partial charge in [-0.1, -0.05) is 18.2 Å². The molecule has 1 fully saturated rings. The summed E-state index contributed by atoms with van der Waals surface area (Å²) in [6.07, 6.45) is -0.347. The maximum atomic E-state index is 13.8. The Balaban J connectivity index is 1.89. The minimum absolute atomic E-state index is 0.114. The monoisotopic (exact) mass is 333 g/mol. The van der Waals surface area contributed by atoms with E-state index in [2.05, 4.69) is 0 Å². The minimum Gasteiger partial charge on any atom is -0.392 e. The van der Waals surface area contributed by atoms with E-state index in [1.54, 1.807) is 12.1 Å². The zero-order valence-electron chi connectivity index (χ0n) is 12.8. The lowest BCUT2D eigenvalue weighted by Crippen LogP contribution is -2.31. The number of β-amino-alcohol motifs (C(OH)–C–C–N with tert-alkyl or cyclic N) is 1. The van der Waals surface area contributed by atoms with Gasteiger partial charge in [0.1, 0.15) is 11.6 Å². The highest BCUT2D eigenvalue weighted by Crippen LogP contribution is 2.33. The lowest BCUT2D eigenvalue weighted by Gasteiger charge is -2.25. The van der Waals surface area contributed by atoms with Gasteiger partial charge in [-0.3, -0.25) is 4.79 Å². The molecule has 1 heterocycles. The fraction of sp³-hybridized carbons (Fsp3) is 0.278. The fourth-order valence-corrected chi connectivity index (χ4v) is 3.01. The first-order chi connectivity index (χ1) is 11.5. The molecule has 126 valence electrons. The maximum absolute atomic E-state index is 13.8. The largest absolute Gasteiger partial charge is 0.392 e. The van der Waals surface area contributed by atoms with Crippen molar-refractivity contribution in [3.05, 3.63) is 70.8 Å². The van der Waals surface area contributed by atoms with Crippen molar-refractivity contribution in [2.45, 2.75) is 25.2 Å². The molecule has 0 spiro atoms. The van der Waals surface area contributed by atoms with Gasteiger partial charge in [0.15, 0.2) is 0 Å². The normalized spacial score (nSPS) is 20.4. The number of carbonyl (C=O) groups is 1. The molecule has 1 saturated heterocycles. The molecular weight excluding hydrogens is 316 g/mol. The predicted molar refractivity (Wildman–Crippen MR) is 83.1 cm³/mol. The van der Waals surface area contributed by atoms with Gasteiger partial charge < -0.3 is 15.1 Å². The van der Waals surface area contributed by atoms with Crippen molar-refractivity contribution < 1.29 is 23.8 Å². The van der Waals surface area contributed by atoms with Crippen LogP contribution in [0.25, 0.3) is 0 Å². The van der Waals surface area contributed by atoms with Crippen molar-refractivity contribution in [3.8, 4) is 0 Å². The van der Waals surface area contributed by atoms with Gasteiger partial charge in [-0.05, 0) is 36.2 Å². The van der Waals surface area contributed by atoms with E-state index in [-0.39, 0.29) is 23.5 Å². The van der Waals surface area contributed by atoms with E-state index in [9.17, 15) is 18.7 Å². The molecule has 24 heavy (non-hydrogen) atoms. The molecule has 0 aliphatic carbocycles. The quantitative estimate of drug-likeness (QED) is 0.907. The Morgan fingerprint density at radius 1 is 1.17 bits per heavy atom.